The molecule has 4 N–H and O–H groups in total. The van der Waals surface area contributed by atoms with Crippen LogP contribution in [-0.2, 0) is 6.42 Å². The Morgan fingerprint density at radius 2 is 1.96 bits per heavy atom. The topological polar surface area (TPSA) is 104 Å². The van der Waals surface area contributed by atoms with Crippen molar-refractivity contribution in [2.24, 2.45) is 10.9 Å². The minimum Gasteiger partial charge on any atom is -0.382 e. The number of rotatable bonds is 8. The number of nitrogen functional groups attached to an aromatic ring is 1. The molecule has 1 aromatic carbocycles. The normalized spacial score (nSPS) is 11.5. The number of benzene rings is 1. The first-order valence-corrected chi connectivity index (χ1v) is 9.44. The van der Waals surface area contributed by atoms with E-state index in [9.17, 15) is 9.65 Å². The molecule has 150 valence electrons. The molecule has 0 aliphatic heterocycles. The standard InChI is InChI=1S/C20H28FN7/c1-14(2)10-12-26-20(24-3)25-11-4-5-18-17(13-22)19(23)28(27-18)16-8-6-15(21)7-9-16/h6-9,14H,4-5,10-12,23H2,1-3H3,(H2,24,25,26). The first-order valence-electron chi connectivity index (χ1n) is 9.44. The largest absolute Gasteiger partial charge is 0.382 e. The maximum absolute atomic E-state index is 13.1. The molecule has 7 nitrogen and oxygen atoms in total. The summed E-state index contributed by atoms with van der Waals surface area (Å²) >= 11 is 0. The molecule has 1 heterocycles. The number of guanidine groups is 1. The molecule has 2 rings (SSSR count). The van der Waals surface area contributed by atoms with Gasteiger partial charge in [0.05, 0.1) is 11.4 Å². The van der Waals surface area contributed by atoms with Crippen molar-refractivity contribution in [3.8, 4) is 11.8 Å². The average molecular weight is 385 g/mol. The summed E-state index contributed by atoms with van der Waals surface area (Å²) in [6, 6.07) is 7.96. The number of nitrogens with two attached hydrogens (primary N) is 1. The minimum atomic E-state index is -0.336. The number of halogens is 1. The number of anilines is 1. The van der Waals surface area contributed by atoms with Crippen LogP contribution in [0.3, 0.4) is 0 Å². The van der Waals surface area contributed by atoms with Gasteiger partial charge >= 0.3 is 0 Å². The van der Waals surface area contributed by atoms with Gasteiger partial charge in [-0.2, -0.15) is 10.4 Å². The van der Waals surface area contributed by atoms with Crippen molar-refractivity contribution in [1.29, 1.82) is 5.26 Å². The van der Waals surface area contributed by atoms with Crippen LogP contribution in [0.1, 0.15) is 37.9 Å². The van der Waals surface area contributed by atoms with E-state index in [1.807, 2.05) is 0 Å². The monoisotopic (exact) mass is 385 g/mol. The zero-order chi connectivity index (χ0) is 20.5. The Morgan fingerprint density at radius 1 is 1.29 bits per heavy atom. The van der Waals surface area contributed by atoms with Crippen LogP contribution in [0.5, 0.6) is 0 Å². The van der Waals surface area contributed by atoms with Crippen molar-refractivity contribution in [3.05, 3.63) is 41.3 Å². The fourth-order valence-corrected chi connectivity index (χ4v) is 2.72. The molecular weight excluding hydrogens is 357 g/mol. The maximum atomic E-state index is 13.1. The number of aryl methyl sites for hydroxylation is 1. The molecule has 0 bridgehead atoms. The Hall–Kier alpha value is -3.08. The van der Waals surface area contributed by atoms with Crippen LogP contribution in [-0.4, -0.2) is 35.9 Å². The summed E-state index contributed by atoms with van der Waals surface area (Å²) in [4.78, 5) is 4.20. The van der Waals surface area contributed by atoms with Crippen molar-refractivity contribution in [1.82, 2.24) is 20.4 Å². The van der Waals surface area contributed by atoms with Gasteiger partial charge in [-0.25, -0.2) is 9.07 Å². The fourth-order valence-electron chi connectivity index (χ4n) is 2.72. The number of aliphatic imine (C=N–C) groups is 1. The molecule has 0 radical (unpaired) electrons. The van der Waals surface area contributed by atoms with Crippen LogP contribution in [0.2, 0.25) is 0 Å². The SMILES string of the molecule is CN=C(NCCCc1nn(-c2ccc(F)cc2)c(N)c1C#N)NCCC(C)C. The molecule has 0 atom stereocenters. The summed E-state index contributed by atoms with van der Waals surface area (Å²) in [6.45, 7) is 5.92. The zero-order valence-corrected chi connectivity index (χ0v) is 16.7. The third-order valence-electron chi connectivity index (χ3n) is 4.30. The molecule has 0 saturated heterocycles. The van der Waals surface area contributed by atoms with E-state index in [4.69, 9.17) is 5.73 Å². The van der Waals surface area contributed by atoms with Crippen LogP contribution in [0, 0.1) is 23.1 Å². The van der Waals surface area contributed by atoms with E-state index in [0.29, 0.717) is 35.8 Å². The number of nitriles is 1. The highest BCUT2D eigenvalue weighted by atomic mass is 19.1. The molecule has 0 amide bonds. The lowest BCUT2D eigenvalue weighted by Crippen LogP contribution is -2.38. The highest BCUT2D eigenvalue weighted by molar-refractivity contribution is 5.79. The number of hydrogen-bond acceptors (Lipinski definition) is 4. The Kier molecular flexibility index (Phi) is 7.81. The van der Waals surface area contributed by atoms with Gasteiger partial charge in [-0.1, -0.05) is 13.8 Å². The fraction of sp³-hybridized carbons (Fsp3) is 0.450. The zero-order valence-electron chi connectivity index (χ0n) is 16.7. The number of hydrogen-bond donors (Lipinski definition) is 3. The molecule has 2 aromatic rings. The van der Waals surface area contributed by atoms with E-state index in [1.165, 1.54) is 16.8 Å². The van der Waals surface area contributed by atoms with Gasteiger partial charge in [-0.15, -0.1) is 0 Å². The summed E-state index contributed by atoms with van der Waals surface area (Å²) in [5.74, 6) is 1.33. The first-order chi connectivity index (χ1) is 13.5. The summed E-state index contributed by atoms with van der Waals surface area (Å²) in [7, 11) is 1.74. The quantitative estimate of drug-likeness (QED) is 0.368. The molecule has 8 heteroatoms. The molecule has 28 heavy (non-hydrogen) atoms. The lowest BCUT2D eigenvalue weighted by molar-refractivity contribution is 0.573. The molecule has 0 spiro atoms. The lowest BCUT2D eigenvalue weighted by Gasteiger charge is -2.12. The number of nitrogens with one attached hydrogen (secondary N) is 2. The van der Waals surface area contributed by atoms with Gasteiger partial charge in [0.25, 0.3) is 0 Å². The highest BCUT2D eigenvalue weighted by Crippen LogP contribution is 2.21. The van der Waals surface area contributed by atoms with E-state index in [2.05, 4.69) is 40.6 Å². The molecule has 1 aromatic heterocycles. The second kappa shape index (κ2) is 10.3. The molecule has 0 saturated carbocycles. The van der Waals surface area contributed by atoms with Crippen molar-refractivity contribution >= 4 is 11.8 Å². The first kappa shape index (κ1) is 21.2. The Labute approximate surface area is 165 Å². The van der Waals surface area contributed by atoms with E-state index < -0.39 is 0 Å². The Bertz CT molecular complexity index is 831. The van der Waals surface area contributed by atoms with Crippen LogP contribution in [0.25, 0.3) is 5.69 Å². The van der Waals surface area contributed by atoms with E-state index in [-0.39, 0.29) is 11.6 Å². The van der Waals surface area contributed by atoms with Gasteiger partial charge in [0.2, 0.25) is 0 Å². The Balaban J connectivity index is 1.94. The predicted octanol–water partition coefficient (Wildman–Crippen LogP) is 2.61. The molecule has 0 fully saturated rings. The minimum absolute atomic E-state index is 0.267. The lowest BCUT2D eigenvalue weighted by atomic mass is 10.1. The Morgan fingerprint density at radius 3 is 2.57 bits per heavy atom. The number of aromatic nitrogens is 2. The molecule has 0 aliphatic carbocycles. The van der Waals surface area contributed by atoms with Crippen LogP contribution >= 0.6 is 0 Å². The van der Waals surface area contributed by atoms with Crippen LogP contribution in [0.15, 0.2) is 29.3 Å². The summed E-state index contributed by atoms with van der Waals surface area (Å²) in [5, 5.41) is 20.4. The summed E-state index contributed by atoms with van der Waals surface area (Å²) in [5.41, 5.74) is 7.70. The maximum Gasteiger partial charge on any atom is 0.190 e. The smallest absolute Gasteiger partial charge is 0.190 e. The summed E-state index contributed by atoms with van der Waals surface area (Å²) < 4.78 is 14.6. The second-order valence-corrected chi connectivity index (χ2v) is 6.92. The van der Waals surface area contributed by atoms with Crippen LogP contribution in [0.4, 0.5) is 10.2 Å². The molecule has 0 aliphatic rings. The van der Waals surface area contributed by atoms with Gasteiger partial charge in [0.1, 0.15) is 23.3 Å². The van der Waals surface area contributed by atoms with Crippen molar-refractivity contribution < 1.29 is 4.39 Å². The van der Waals surface area contributed by atoms with Gasteiger partial charge in [-0.3, -0.25) is 4.99 Å². The van der Waals surface area contributed by atoms with Crippen molar-refractivity contribution in [2.45, 2.75) is 33.1 Å². The van der Waals surface area contributed by atoms with Gasteiger partial charge < -0.3 is 16.4 Å². The van der Waals surface area contributed by atoms with Crippen LogP contribution < -0.4 is 16.4 Å². The van der Waals surface area contributed by atoms with Crippen molar-refractivity contribution in [3.63, 3.8) is 0 Å². The van der Waals surface area contributed by atoms with Gasteiger partial charge in [0, 0.05) is 20.1 Å². The van der Waals surface area contributed by atoms with Gasteiger partial charge in [0.15, 0.2) is 5.96 Å². The van der Waals surface area contributed by atoms with E-state index in [1.54, 1.807) is 19.2 Å². The summed E-state index contributed by atoms with van der Waals surface area (Å²) in [6.07, 6.45) is 2.43. The van der Waals surface area contributed by atoms with Crippen molar-refractivity contribution in [2.75, 3.05) is 25.9 Å². The number of nitrogens with zero attached hydrogens (tertiary/aromatic N) is 4. The van der Waals surface area contributed by atoms with E-state index >= 15 is 0 Å². The third kappa shape index (κ3) is 5.71. The average Bonchev–Trinajstić information content (AvgIpc) is 2.99. The van der Waals surface area contributed by atoms with E-state index in [0.717, 1.165) is 25.3 Å². The second-order valence-electron chi connectivity index (χ2n) is 6.92. The highest BCUT2D eigenvalue weighted by Gasteiger charge is 2.16. The molecular formula is C20H28FN7. The third-order valence-corrected chi connectivity index (χ3v) is 4.30. The van der Waals surface area contributed by atoms with Gasteiger partial charge in [-0.05, 0) is 49.4 Å². The molecule has 0 unspecified atom stereocenters. The predicted molar refractivity (Wildman–Crippen MR) is 110 cm³/mol.